The van der Waals surface area contributed by atoms with Gasteiger partial charge in [-0.15, -0.1) is 0 Å². The molecule has 0 spiro atoms. The number of hydrogen-bond acceptors (Lipinski definition) is 6. The van der Waals surface area contributed by atoms with Crippen molar-refractivity contribution >= 4 is 23.9 Å². The van der Waals surface area contributed by atoms with Gasteiger partial charge in [0.2, 0.25) is 0 Å². The van der Waals surface area contributed by atoms with Crippen molar-refractivity contribution in [3.63, 3.8) is 0 Å². The summed E-state index contributed by atoms with van der Waals surface area (Å²) in [7, 11) is 2.83. The molecule has 1 N–H and O–H groups in total. The summed E-state index contributed by atoms with van der Waals surface area (Å²) in [6, 6.07) is 6.32. The van der Waals surface area contributed by atoms with Gasteiger partial charge in [-0.3, -0.25) is 4.79 Å². The van der Waals surface area contributed by atoms with Crippen LogP contribution in [0.4, 0.5) is 0 Å². The Morgan fingerprint density at radius 3 is 2.35 bits per heavy atom. The first-order valence-electron chi connectivity index (χ1n) is 8.27. The van der Waals surface area contributed by atoms with Crippen LogP contribution in [0.5, 0.6) is 5.75 Å². The Labute approximate surface area is 153 Å². The molecule has 1 rings (SSSR count). The average molecular weight is 363 g/mol. The number of carbonyl (C=O) groups is 3. The Hall–Kier alpha value is -2.83. The number of rotatable bonds is 9. The summed E-state index contributed by atoms with van der Waals surface area (Å²) in [5.41, 5.74) is 0.787. The zero-order valence-electron chi connectivity index (χ0n) is 15.5. The number of ether oxygens (including phenoxy) is 3. The summed E-state index contributed by atoms with van der Waals surface area (Å²) in [6.45, 7) is 3.25. The number of methoxy groups -OCH3 is 2. The van der Waals surface area contributed by atoms with Crippen molar-refractivity contribution in [1.82, 2.24) is 5.32 Å². The molecule has 0 unspecified atom stereocenters. The highest BCUT2D eigenvalue weighted by Crippen LogP contribution is 2.12. The van der Waals surface area contributed by atoms with Crippen LogP contribution in [0, 0.1) is 5.92 Å². The van der Waals surface area contributed by atoms with Crippen LogP contribution in [0.2, 0.25) is 0 Å². The topological polar surface area (TPSA) is 90.9 Å². The van der Waals surface area contributed by atoms with Gasteiger partial charge in [0.05, 0.1) is 14.2 Å². The first-order chi connectivity index (χ1) is 12.4. The van der Waals surface area contributed by atoms with Gasteiger partial charge in [-0.2, -0.15) is 0 Å². The molecule has 26 heavy (non-hydrogen) atoms. The molecular formula is C19H25NO6. The third-order valence-electron chi connectivity index (χ3n) is 3.86. The highest BCUT2D eigenvalue weighted by atomic mass is 16.5. The van der Waals surface area contributed by atoms with Crippen LogP contribution in [0.25, 0.3) is 6.08 Å². The maximum absolute atomic E-state index is 11.9. The second-order valence-electron chi connectivity index (χ2n) is 5.67. The van der Waals surface area contributed by atoms with Crippen LogP contribution in [-0.4, -0.2) is 44.7 Å². The van der Waals surface area contributed by atoms with Crippen molar-refractivity contribution < 1.29 is 28.6 Å². The summed E-state index contributed by atoms with van der Waals surface area (Å²) in [5, 5.41) is 2.53. The molecule has 7 heteroatoms. The molecular weight excluding hydrogens is 338 g/mol. The molecule has 0 bridgehead atoms. The summed E-state index contributed by atoms with van der Waals surface area (Å²) in [6.07, 6.45) is 3.47. The maximum Gasteiger partial charge on any atom is 0.331 e. The van der Waals surface area contributed by atoms with E-state index in [1.54, 1.807) is 37.5 Å². The van der Waals surface area contributed by atoms with E-state index in [1.165, 1.54) is 13.2 Å². The number of esters is 2. The highest BCUT2D eigenvalue weighted by Gasteiger charge is 2.26. The molecule has 0 fully saturated rings. The van der Waals surface area contributed by atoms with E-state index >= 15 is 0 Å². The zero-order chi connectivity index (χ0) is 19.5. The molecule has 1 aromatic carbocycles. The van der Waals surface area contributed by atoms with Crippen molar-refractivity contribution in [1.29, 1.82) is 0 Å². The standard InChI is InChI=1S/C19H25NO6/c1-5-13(2)18(19(23)25-4)20-16(21)12-26-17(22)11-8-14-6-9-15(24-3)10-7-14/h6-11,13,18H,5,12H2,1-4H3,(H,20,21)/b11-8+/t13-,18+/m0/s1. The van der Waals surface area contributed by atoms with E-state index in [0.29, 0.717) is 12.2 Å². The smallest absolute Gasteiger partial charge is 0.331 e. The van der Waals surface area contributed by atoms with Crippen molar-refractivity contribution in [3.8, 4) is 5.75 Å². The lowest BCUT2D eigenvalue weighted by Gasteiger charge is -2.21. The molecule has 2 atom stereocenters. The molecule has 0 saturated heterocycles. The lowest BCUT2D eigenvalue weighted by Crippen LogP contribution is -2.47. The van der Waals surface area contributed by atoms with Crippen LogP contribution in [0.3, 0.4) is 0 Å². The van der Waals surface area contributed by atoms with Crippen molar-refractivity contribution in [2.45, 2.75) is 26.3 Å². The van der Waals surface area contributed by atoms with Gasteiger partial charge in [0, 0.05) is 6.08 Å². The summed E-state index contributed by atoms with van der Waals surface area (Å²) >= 11 is 0. The Morgan fingerprint density at radius 2 is 1.81 bits per heavy atom. The van der Waals surface area contributed by atoms with E-state index in [9.17, 15) is 14.4 Å². The predicted molar refractivity (Wildman–Crippen MR) is 96.4 cm³/mol. The minimum absolute atomic E-state index is 0.0999. The second kappa shape index (κ2) is 10.9. The predicted octanol–water partition coefficient (Wildman–Crippen LogP) is 1.96. The van der Waals surface area contributed by atoms with Crippen LogP contribution < -0.4 is 10.1 Å². The maximum atomic E-state index is 11.9. The van der Waals surface area contributed by atoms with E-state index in [0.717, 1.165) is 5.56 Å². The van der Waals surface area contributed by atoms with Crippen LogP contribution in [-0.2, 0) is 23.9 Å². The van der Waals surface area contributed by atoms with E-state index in [-0.39, 0.29) is 5.92 Å². The third kappa shape index (κ3) is 6.96. The molecule has 0 aromatic heterocycles. The largest absolute Gasteiger partial charge is 0.497 e. The SMILES string of the molecule is CC[C@H](C)[C@@H](NC(=O)COC(=O)/C=C/c1ccc(OC)cc1)C(=O)OC. The highest BCUT2D eigenvalue weighted by molar-refractivity contribution is 5.90. The molecule has 0 aliphatic carbocycles. The Morgan fingerprint density at radius 1 is 1.15 bits per heavy atom. The lowest BCUT2D eigenvalue weighted by molar-refractivity contribution is -0.148. The summed E-state index contributed by atoms with van der Waals surface area (Å²) in [5.74, 6) is -1.14. The third-order valence-corrected chi connectivity index (χ3v) is 3.86. The number of benzene rings is 1. The molecule has 0 radical (unpaired) electrons. The van der Waals surface area contributed by atoms with Gasteiger partial charge in [0.15, 0.2) is 6.61 Å². The molecule has 0 saturated carbocycles. The second-order valence-corrected chi connectivity index (χ2v) is 5.67. The first-order valence-corrected chi connectivity index (χ1v) is 8.27. The fraction of sp³-hybridized carbons (Fsp3) is 0.421. The van der Waals surface area contributed by atoms with Gasteiger partial charge in [-0.1, -0.05) is 32.4 Å². The van der Waals surface area contributed by atoms with Crippen molar-refractivity contribution in [3.05, 3.63) is 35.9 Å². The van der Waals surface area contributed by atoms with E-state index < -0.39 is 30.5 Å². The van der Waals surface area contributed by atoms with Gasteiger partial charge in [0.25, 0.3) is 5.91 Å². The number of hydrogen-bond donors (Lipinski definition) is 1. The monoisotopic (exact) mass is 363 g/mol. The fourth-order valence-corrected chi connectivity index (χ4v) is 2.08. The Balaban J connectivity index is 2.50. The molecule has 1 aromatic rings. The van der Waals surface area contributed by atoms with Gasteiger partial charge in [-0.25, -0.2) is 9.59 Å². The minimum atomic E-state index is -0.772. The number of carbonyl (C=O) groups excluding carboxylic acids is 3. The van der Waals surface area contributed by atoms with Gasteiger partial charge >= 0.3 is 11.9 Å². The Kier molecular flexibility index (Phi) is 8.91. The Bertz CT molecular complexity index is 638. The minimum Gasteiger partial charge on any atom is -0.497 e. The summed E-state index contributed by atoms with van der Waals surface area (Å²) < 4.78 is 14.6. The first kappa shape index (κ1) is 21.2. The summed E-state index contributed by atoms with van der Waals surface area (Å²) in [4.78, 5) is 35.3. The zero-order valence-corrected chi connectivity index (χ0v) is 15.5. The van der Waals surface area contributed by atoms with Crippen molar-refractivity contribution in [2.24, 2.45) is 5.92 Å². The molecule has 1 amide bonds. The molecule has 0 heterocycles. The number of amides is 1. The van der Waals surface area contributed by atoms with Gasteiger partial charge < -0.3 is 19.5 Å². The molecule has 0 aliphatic heterocycles. The van der Waals surface area contributed by atoms with Crippen molar-refractivity contribution in [2.75, 3.05) is 20.8 Å². The lowest BCUT2D eigenvalue weighted by atomic mass is 9.99. The van der Waals surface area contributed by atoms with Crippen LogP contribution >= 0.6 is 0 Å². The van der Waals surface area contributed by atoms with E-state index in [4.69, 9.17) is 9.47 Å². The fourth-order valence-electron chi connectivity index (χ4n) is 2.08. The average Bonchev–Trinajstić information content (AvgIpc) is 2.67. The van der Waals surface area contributed by atoms with Gasteiger partial charge in [-0.05, 0) is 29.7 Å². The molecule has 142 valence electrons. The quantitative estimate of drug-likeness (QED) is 0.533. The number of nitrogens with one attached hydrogen (secondary N) is 1. The van der Waals surface area contributed by atoms with E-state index in [1.807, 2.05) is 13.8 Å². The van der Waals surface area contributed by atoms with Gasteiger partial charge in [0.1, 0.15) is 11.8 Å². The molecule has 7 nitrogen and oxygen atoms in total. The van der Waals surface area contributed by atoms with Crippen LogP contribution in [0.15, 0.2) is 30.3 Å². The van der Waals surface area contributed by atoms with Crippen LogP contribution in [0.1, 0.15) is 25.8 Å². The normalized spacial score (nSPS) is 12.9. The molecule has 0 aliphatic rings. The van der Waals surface area contributed by atoms with E-state index in [2.05, 4.69) is 10.1 Å².